The Morgan fingerprint density at radius 2 is 0.944 bits per heavy atom. The molecule has 6 nitrogen and oxygen atoms in total. The molecule has 4 saturated heterocycles. The van der Waals surface area contributed by atoms with Crippen LogP contribution < -0.4 is 0 Å². The smallest absolute Gasteiger partial charge is 0.195 e. The fourth-order valence-corrected chi connectivity index (χ4v) is 9.74. The Balaban J connectivity index is 1.34. The van der Waals surface area contributed by atoms with Gasteiger partial charge in [-0.25, -0.2) is 0 Å². The average molecular weight is 507 g/mol. The minimum absolute atomic E-state index is 0.00519. The monoisotopic (exact) mass is 506 g/mol. The fraction of sp³-hybridized carbons (Fsp3) is 1.00. The van der Waals surface area contributed by atoms with Gasteiger partial charge < -0.3 is 29.2 Å². The summed E-state index contributed by atoms with van der Waals surface area (Å²) in [5.74, 6) is -1.55. The molecule has 206 valence electrons. The molecule has 6 aliphatic rings. The highest BCUT2D eigenvalue weighted by Gasteiger charge is 2.75. The van der Waals surface area contributed by atoms with Gasteiger partial charge in [0.15, 0.2) is 11.6 Å². The molecule has 0 unspecified atom stereocenters. The standard InChI is InChI=1S/C30H50O6/c1-19-9-11-21-27(15-17-29(31,35-27)23(3,4)33-21)25(19,7)13-14-26(8)20(2)10-12-22-28(26)16-18-30(32,36-28)24(5,6)34-22/h19-22,31-32H,9-18H2,1-8H3/t19-,20+,21-,22-,25-,26-,27+,28+,29-,30-/m1/s1. The number of aliphatic hydroxyl groups is 2. The normalized spacial score (nSPS) is 58.8. The summed E-state index contributed by atoms with van der Waals surface area (Å²) >= 11 is 0. The van der Waals surface area contributed by atoms with E-state index in [1.54, 1.807) is 0 Å². The van der Waals surface area contributed by atoms with Crippen LogP contribution in [0.2, 0.25) is 0 Å². The van der Waals surface area contributed by atoms with E-state index in [4.69, 9.17) is 18.9 Å². The SMILES string of the molecule is C[C@@H]1CC[C@H]2OC(C)(C)[C@@]3(O)CC[C@@]2(O3)[C@]1(C)CC[C@]1(C)[C@@H](C)CC[C@H]2OC(C)(C)[C@@]3(O)CC[C@]21O3. The minimum Gasteiger partial charge on any atom is -0.364 e. The van der Waals surface area contributed by atoms with Crippen molar-refractivity contribution in [3.05, 3.63) is 0 Å². The van der Waals surface area contributed by atoms with Crippen LogP contribution in [0.25, 0.3) is 0 Å². The van der Waals surface area contributed by atoms with Crippen LogP contribution in [0.3, 0.4) is 0 Å². The molecule has 0 aromatic rings. The molecule has 4 heterocycles. The van der Waals surface area contributed by atoms with E-state index in [2.05, 4.69) is 27.7 Å². The lowest BCUT2D eigenvalue weighted by molar-refractivity contribution is -0.415. The van der Waals surface area contributed by atoms with Gasteiger partial charge in [-0.05, 0) is 90.9 Å². The number of ether oxygens (including phenoxy) is 4. The highest BCUT2D eigenvalue weighted by molar-refractivity contribution is 5.20. The van der Waals surface area contributed by atoms with Gasteiger partial charge in [0, 0.05) is 23.7 Å². The number of hydrogen-bond donors (Lipinski definition) is 2. The van der Waals surface area contributed by atoms with Gasteiger partial charge >= 0.3 is 0 Å². The highest BCUT2D eigenvalue weighted by Crippen LogP contribution is 2.68. The Morgan fingerprint density at radius 3 is 1.31 bits per heavy atom. The van der Waals surface area contributed by atoms with Gasteiger partial charge in [-0.1, -0.05) is 27.7 Å². The van der Waals surface area contributed by atoms with E-state index in [9.17, 15) is 10.2 Å². The molecule has 2 N–H and O–H groups in total. The van der Waals surface area contributed by atoms with Crippen molar-refractivity contribution in [3.8, 4) is 0 Å². The van der Waals surface area contributed by atoms with Gasteiger partial charge in [0.2, 0.25) is 0 Å². The number of fused-ring (bicyclic) bond motifs is 2. The van der Waals surface area contributed by atoms with Gasteiger partial charge in [0.25, 0.3) is 0 Å². The van der Waals surface area contributed by atoms with Crippen molar-refractivity contribution in [2.75, 3.05) is 0 Å². The molecule has 6 heteroatoms. The zero-order valence-corrected chi connectivity index (χ0v) is 23.9. The Bertz CT molecular complexity index is 860. The maximum absolute atomic E-state index is 11.5. The number of rotatable bonds is 3. The van der Waals surface area contributed by atoms with Gasteiger partial charge in [-0.3, -0.25) is 0 Å². The van der Waals surface area contributed by atoms with E-state index in [1.807, 2.05) is 27.7 Å². The third-order valence-corrected chi connectivity index (χ3v) is 13.2. The van der Waals surface area contributed by atoms with Crippen molar-refractivity contribution < 1.29 is 29.2 Å². The Morgan fingerprint density at radius 1 is 0.583 bits per heavy atom. The molecule has 36 heavy (non-hydrogen) atoms. The van der Waals surface area contributed by atoms with Crippen LogP contribution in [0, 0.1) is 22.7 Å². The summed E-state index contributed by atoms with van der Waals surface area (Å²) in [6, 6.07) is 0. The zero-order chi connectivity index (χ0) is 26.2. The lowest BCUT2D eigenvalue weighted by atomic mass is 9.50. The van der Waals surface area contributed by atoms with Gasteiger partial charge in [-0.15, -0.1) is 0 Å². The summed E-state index contributed by atoms with van der Waals surface area (Å²) in [7, 11) is 0. The molecule has 4 aliphatic heterocycles. The third kappa shape index (κ3) is 2.85. The van der Waals surface area contributed by atoms with Crippen LogP contribution in [0.4, 0.5) is 0 Å². The molecule has 0 amide bonds. The molecule has 10 atom stereocenters. The summed E-state index contributed by atoms with van der Waals surface area (Å²) < 4.78 is 27.0. The third-order valence-electron chi connectivity index (χ3n) is 13.2. The molecule has 4 bridgehead atoms. The predicted octanol–water partition coefficient (Wildman–Crippen LogP) is 5.47. The van der Waals surface area contributed by atoms with Crippen molar-refractivity contribution in [3.63, 3.8) is 0 Å². The van der Waals surface area contributed by atoms with E-state index >= 15 is 0 Å². The van der Waals surface area contributed by atoms with Crippen LogP contribution in [0.15, 0.2) is 0 Å². The van der Waals surface area contributed by atoms with Crippen LogP contribution in [0.5, 0.6) is 0 Å². The predicted molar refractivity (Wildman–Crippen MR) is 136 cm³/mol. The van der Waals surface area contributed by atoms with Crippen LogP contribution >= 0.6 is 0 Å². The second-order valence-corrected chi connectivity index (χ2v) is 15.1. The van der Waals surface area contributed by atoms with E-state index in [1.165, 1.54) is 0 Å². The fourth-order valence-electron chi connectivity index (χ4n) is 9.74. The first-order chi connectivity index (χ1) is 16.5. The first-order valence-electron chi connectivity index (χ1n) is 14.7. The topological polar surface area (TPSA) is 77.4 Å². The van der Waals surface area contributed by atoms with Crippen molar-refractivity contribution in [1.29, 1.82) is 0 Å². The van der Waals surface area contributed by atoms with Gasteiger partial charge in [-0.2, -0.15) is 0 Å². The maximum atomic E-state index is 11.5. The second-order valence-electron chi connectivity index (χ2n) is 15.1. The Labute approximate surface area is 217 Å². The first-order valence-corrected chi connectivity index (χ1v) is 14.7. The molecule has 2 spiro atoms. The van der Waals surface area contributed by atoms with Crippen molar-refractivity contribution in [2.45, 2.75) is 166 Å². The minimum atomic E-state index is -1.23. The molecule has 6 rings (SSSR count). The summed E-state index contributed by atoms with van der Waals surface area (Å²) in [5, 5.41) is 23.0. The molecule has 2 saturated carbocycles. The number of hydrogen-bond acceptors (Lipinski definition) is 6. The first kappa shape index (κ1) is 26.0. The van der Waals surface area contributed by atoms with Crippen LogP contribution in [0.1, 0.15) is 120 Å². The molecular formula is C30H50O6. The van der Waals surface area contributed by atoms with Crippen molar-refractivity contribution >= 4 is 0 Å². The molecule has 2 aliphatic carbocycles. The summed E-state index contributed by atoms with van der Waals surface area (Å²) in [5.41, 5.74) is -2.61. The van der Waals surface area contributed by atoms with Crippen molar-refractivity contribution in [1.82, 2.24) is 0 Å². The maximum Gasteiger partial charge on any atom is 0.195 e. The quantitative estimate of drug-likeness (QED) is 0.529. The molecule has 0 aromatic heterocycles. The lowest BCUT2D eigenvalue weighted by Crippen LogP contribution is -2.71. The lowest BCUT2D eigenvalue weighted by Gasteiger charge is -2.64. The van der Waals surface area contributed by atoms with Gasteiger partial charge in [0.05, 0.1) is 12.2 Å². The van der Waals surface area contributed by atoms with E-state index in [0.717, 1.165) is 51.4 Å². The summed E-state index contributed by atoms with van der Waals surface area (Å²) in [6.07, 6.45) is 9.06. The van der Waals surface area contributed by atoms with E-state index in [0.29, 0.717) is 24.7 Å². The molecule has 6 fully saturated rings. The summed E-state index contributed by atoms with van der Waals surface area (Å²) in [4.78, 5) is 0. The second kappa shape index (κ2) is 7.28. The molecular weight excluding hydrogens is 456 g/mol. The van der Waals surface area contributed by atoms with Crippen molar-refractivity contribution in [2.24, 2.45) is 22.7 Å². The average Bonchev–Trinajstić information content (AvgIpc) is 3.32. The highest BCUT2D eigenvalue weighted by atomic mass is 16.7. The van der Waals surface area contributed by atoms with Crippen LogP contribution in [-0.4, -0.2) is 56.4 Å². The zero-order valence-electron chi connectivity index (χ0n) is 23.9. The molecule has 0 radical (unpaired) electrons. The van der Waals surface area contributed by atoms with E-state index in [-0.39, 0.29) is 23.0 Å². The van der Waals surface area contributed by atoms with E-state index < -0.39 is 34.0 Å². The Hall–Kier alpha value is -0.240. The largest absolute Gasteiger partial charge is 0.364 e. The summed E-state index contributed by atoms with van der Waals surface area (Å²) in [6.45, 7) is 17.4. The molecule has 0 aromatic carbocycles. The van der Waals surface area contributed by atoms with Crippen LogP contribution in [-0.2, 0) is 18.9 Å². The van der Waals surface area contributed by atoms with Gasteiger partial charge in [0.1, 0.15) is 22.4 Å². The Kier molecular flexibility index (Phi) is 5.26.